The van der Waals surface area contributed by atoms with E-state index in [1.54, 1.807) is 12.1 Å². The lowest BCUT2D eigenvalue weighted by Gasteiger charge is -2.30. The number of nitrogens with one attached hydrogen (secondary N) is 1. The van der Waals surface area contributed by atoms with Gasteiger partial charge in [0.25, 0.3) is 0 Å². The number of methoxy groups -OCH3 is 1. The first-order valence-corrected chi connectivity index (χ1v) is 7.35. The van der Waals surface area contributed by atoms with Crippen LogP contribution in [0.5, 0.6) is 5.75 Å². The molecule has 1 unspecified atom stereocenters. The number of nitrogens with zero attached hydrogens (tertiary/aromatic N) is 1. The summed E-state index contributed by atoms with van der Waals surface area (Å²) in [4.78, 5) is 2.37. The number of halogens is 1. The van der Waals surface area contributed by atoms with Crippen LogP contribution in [0.4, 0.5) is 4.39 Å². The summed E-state index contributed by atoms with van der Waals surface area (Å²) in [6.45, 7) is 5.44. The Hall–Kier alpha value is -1.13. The van der Waals surface area contributed by atoms with Gasteiger partial charge in [-0.15, -0.1) is 0 Å². The first kappa shape index (κ1) is 15.3. The van der Waals surface area contributed by atoms with Gasteiger partial charge in [0.05, 0.1) is 7.11 Å². The van der Waals surface area contributed by atoms with Gasteiger partial charge in [0.2, 0.25) is 0 Å². The first-order valence-electron chi connectivity index (χ1n) is 7.35. The molecular formula is C16H25FN2O. The van der Waals surface area contributed by atoms with Crippen molar-refractivity contribution in [1.82, 2.24) is 10.2 Å². The van der Waals surface area contributed by atoms with Gasteiger partial charge >= 0.3 is 0 Å². The highest BCUT2D eigenvalue weighted by atomic mass is 19.1. The van der Waals surface area contributed by atoms with Crippen LogP contribution in [0.15, 0.2) is 18.2 Å². The second kappa shape index (κ2) is 7.04. The highest BCUT2D eigenvalue weighted by Gasteiger charge is 2.17. The van der Waals surface area contributed by atoms with E-state index in [1.807, 2.05) is 6.07 Å². The topological polar surface area (TPSA) is 24.5 Å². The molecule has 0 spiro atoms. The molecule has 0 aromatic heterocycles. The second-order valence-electron chi connectivity index (χ2n) is 5.77. The smallest absolute Gasteiger partial charge is 0.165 e. The van der Waals surface area contributed by atoms with E-state index in [-0.39, 0.29) is 11.9 Å². The van der Waals surface area contributed by atoms with Crippen LogP contribution >= 0.6 is 0 Å². The Morgan fingerprint density at radius 2 is 2.10 bits per heavy atom. The average molecular weight is 280 g/mol. The van der Waals surface area contributed by atoms with Gasteiger partial charge in [0.15, 0.2) is 11.6 Å². The molecule has 2 rings (SSSR count). The van der Waals surface area contributed by atoms with Crippen molar-refractivity contribution < 1.29 is 9.13 Å². The molecule has 1 aromatic carbocycles. The largest absolute Gasteiger partial charge is 0.494 e. The number of likely N-dealkylation sites (tertiary alicyclic amines) is 1. The van der Waals surface area contributed by atoms with Gasteiger partial charge < -0.3 is 15.0 Å². The van der Waals surface area contributed by atoms with Crippen LogP contribution in [-0.2, 0) is 0 Å². The van der Waals surface area contributed by atoms with E-state index in [4.69, 9.17) is 4.74 Å². The first-order chi connectivity index (χ1) is 9.60. The summed E-state index contributed by atoms with van der Waals surface area (Å²) in [5, 5.41) is 3.52. The summed E-state index contributed by atoms with van der Waals surface area (Å²) in [6.07, 6.45) is 2.49. The molecule has 3 nitrogen and oxygen atoms in total. The van der Waals surface area contributed by atoms with Crippen LogP contribution in [-0.4, -0.2) is 38.7 Å². The molecule has 20 heavy (non-hydrogen) atoms. The Morgan fingerprint density at radius 3 is 2.70 bits per heavy atom. The Labute approximate surface area is 121 Å². The van der Waals surface area contributed by atoms with Crippen molar-refractivity contribution in [3.05, 3.63) is 29.6 Å². The molecule has 1 atom stereocenters. The minimum atomic E-state index is -0.294. The molecule has 1 N–H and O–H groups in total. The quantitative estimate of drug-likeness (QED) is 0.897. The Morgan fingerprint density at radius 1 is 1.40 bits per heavy atom. The van der Waals surface area contributed by atoms with E-state index in [2.05, 4.69) is 24.2 Å². The highest BCUT2D eigenvalue weighted by Crippen LogP contribution is 2.22. The molecule has 112 valence electrons. The van der Waals surface area contributed by atoms with Crippen molar-refractivity contribution in [3.63, 3.8) is 0 Å². The summed E-state index contributed by atoms with van der Waals surface area (Å²) in [6, 6.07) is 5.34. The molecule has 0 bridgehead atoms. The molecule has 1 aliphatic rings. The summed E-state index contributed by atoms with van der Waals surface area (Å²) in [5.41, 5.74) is 0.969. The number of rotatable bonds is 5. The summed E-state index contributed by atoms with van der Waals surface area (Å²) >= 11 is 0. The van der Waals surface area contributed by atoms with Crippen LogP contribution in [0.1, 0.15) is 31.4 Å². The van der Waals surface area contributed by atoms with E-state index < -0.39 is 0 Å². The summed E-state index contributed by atoms with van der Waals surface area (Å²) < 4.78 is 18.6. The Bertz CT molecular complexity index is 430. The van der Waals surface area contributed by atoms with Crippen LogP contribution in [0.3, 0.4) is 0 Å². The van der Waals surface area contributed by atoms with E-state index in [9.17, 15) is 4.39 Å². The van der Waals surface area contributed by atoms with Crippen LogP contribution in [0.2, 0.25) is 0 Å². The molecule has 0 aliphatic carbocycles. The zero-order chi connectivity index (χ0) is 14.5. The third kappa shape index (κ3) is 3.93. The zero-order valence-electron chi connectivity index (χ0n) is 12.7. The van der Waals surface area contributed by atoms with Gasteiger partial charge in [0, 0.05) is 6.04 Å². The molecular weight excluding hydrogens is 255 g/mol. The second-order valence-corrected chi connectivity index (χ2v) is 5.77. The molecule has 0 amide bonds. The maximum absolute atomic E-state index is 13.7. The van der Waals surface area contributed by atoms with Gasteiger partial charge in [0.1, 0.15) is 0 Å². The Balaban J connectivity index is 1.85. The van der Waals surface area contributed by atoms with Gasteiger partial charge in [-0.2, -0.15) is 0 Å². The number of ether oxygens (including phenoxy) is 1. The van der Waals surface area contributed by atoms with Crippen molar-refractivity contribution >= 4 is 0 Å². The number of hydrogen-bond acceptors (Lipinski definition) is 3. The minimum Gasteiger partial charge on any atom is -0.494 e. The van der Waals surface area contributed by atoms with Gasteiger partial charge in [-0.3, -0.25) is 0 Å². The predicted molar refractivity (Wildman–Crippen MR) is 79.6 cm³/mol. The fourth-order valence-corrected chi connectivity index (χ4v) is 2.68. The monoisotopic (exact) mass is 280 g/mol. The third-order valence-corrected chi connectivity index (χ3v) is 4.23. The van der Waals surface area contributed by atoms with Crippen molar-refractivity contribution in [2.75, 3.05) is 33.8 Å². The maximum Gasteiger partial charge on any atom is 0.165 e. The van der Waals surface area contributed by atoms with Gasteiger partial charge in [-0.05, 0) is 70.1 Å². The molecule has 1 aliphatic heterocycles. The number of benzene rings is 1. The van der Waals surface area contributed by atoms with Crippen LogP contribution in [0, 0.1) is 11.7 Å². The SMILES string of the molecule is COc1ccc(C(C)NCC2CCN(C)CC2)cc1F. The normalized spacial score (nSPS) is 19.0. The van der Waals surface area contributed by atoms with Crippen molar-refractivity contribution in [2.24, 2.45) is 5.92 Å². The van der Waals surface area contributed by atoms with E-state index >= 15 is 0 Å². The molecule has 1 fully saturated rings. The molecule has 1 heterocycles. The molecule has 4 heteroatoms. The minimum absolute atomic E-state index is 0.162. The van der Waals surface area contributed by atoms with E-state index in [0.29, 0.717) is 5.75 Å². The van der Waals surface area contributed by atoms with Crippen LogP contribution in [0.25, 0.3) is 0 Å². The van der Waals surface area contributed by atoms with E-state index in [1.165, 1.54) is 33.0 Å². The van der Waals surface area contributed by atoms with Crippen LogP contribution < -0.4 is 10.1 Å². The lowest BCUT2D eigenvalue weighted by molar-refractivity contribution is 0.213. The van der Waals surface area contributed by atoms with Gasteiger partial charge in [-0.25, -0.2) is 4.39 Å². The lowest BCUT2D eigenvalue weighted by Crippen LogP contribution is -2.35. The van der Waals surface area contributed by atoms with Gasteiger partial charge in [-0.1, -0.05) is 6.07 Å². The summed E-state index contributed by atoms with van der Waals surface area (Å²) in [5.74, 6) is 0.742. The Kier molecular flexibility index (Phi) is 5.38. The standard InChI is InChI=1S/C16H25FN2O/c1-12(14-4-5-16(20-3)15(17)10-14)18-11-13-6-8-19(2)9-7-13/h4-5,10,12-13,18H,6-9,11H2,1-3H3. The maximum atomic E-state index is 13.7. The fraction of sp³-hybridized carbons (Fsp3) is 0.625. The number of piperidine rings is 1. The average Bonchev–Trinajstić information content (AvgIpc) is 2.46. The highest BCUT2D eigenvalue weighted by molar-refractivity contribution is 5.30. The zero-order valence-corrected chi connectivity index (χ0v) is 12.7. The third-order valence-electron chi connectivity index (χ3n) is 4.23. The lowest BCUT2D eigenvalue weighted by atomic mass is 9.96. The van der Waals surface area contributed by atoms with Crippen molar-refractivity contribution in [2.45, 2.75) is 25.8 Å². The van der Waals surface area contributed by atoms with Crippen molar-refractivity contribution in [1.29, 1.82) is 0 Å². The fourth-order valence-electron chi connectivity index (χ4n) is 2.68. The summed E-state index contributed by atoms with van der Waals surface area (Å²) in [7, 11) is 3.66. The van der Waals surface area contributed by atoms with E-state index in [0.717, 1.165) is 18.0 Å². The molecule has 1 saturated heterocycles. The molecule has 0 saturated carbocycles. The predicted octanol–water partition coefficient (Wildman–Crippen LogP) is 2.83. The van der Waals surface area contributed by atoms with Crippen molar-refractivity contribution in [3.8, 4) is 5.75 Å². The molecule has 0 radical (unpaired) electrons. The molecule has 1 aromatic rings. The number of hydrogen-bond donors (Lipinski definition) is 1.